The Kier molecular flexibility index (Phi) is 6.46. The molecule has 0 aliphatic heterocycles. The number of nitrogens with one attached hydrogen (secondary N) is 1. The average Bonchev–Trinajstić information content (AvgIpc) is 2.44. The number of nitrogens with two attached hydrogens (primary N) is 1. The highest BCUT2D eigenvalue weighted by Crippen LogP contribution is 2.12. The number of amides is 3. The molecule has 0 radical (unpaired) electrons. The van der Waals surface area contributed by atoms with Gasteiger partial charge in [-0.1, -0.05) is 12.1 Å². The van der Waals surface area contributed by atoms with Crippen molar-refractivity contribution in [3.63, 3.8) is 0 Å². The molecule has 0 unspecified atom stereocenters. The first kappa shape index (κ1) is 16.2. The number of carbonyl (C=O) groups is 3. The van der Waals surface area contributed by atoms with E-state index in [1.54, 1.807) is 29.6 Å². The molecule has 21 heavy (non-hydrogen) atoms. The van der Waals surface area contributed by atoms with Gasteiger partial charge in [-0.15, -0.1) is 0 Å². The zero-order valence-electron chi connectivity index (χ0n) is 11.5. The molecule has 0 atom stereocenters. The third-order valence-corrected chi connectivity index (χ3v) is 2.21. The van der Waals surface area contributed by atoms with Gasteiger partial charge in [-0.2, -0.15) is 0 Å². The van der Waals surface area contributed by atoms with E-state index in [1.165, 1.54) is 12.2 Å². The van der Waals surface area contributed by atoms with Gasteiger partial charge in [-0.25, -0.2) is 9.59 Å². The first-order valence-corrected chi connectivity index (χ1v) is 6.18. The molecule has 0 fully saturated rings. The van der Waals surface area contributed by atoms with Crippen LogP contribution in [0.15, 0.2) is 30.3 Å². The van der Waals surface area contributed by atoms with Gasteiger partial charge < -0.3 is 15.2 Å². The van der Waals surface area contributed by atoms with Crippen LogP contribution in [0.3, 0.4) is 0 Å². The lowest BCUT2D eigenvalue weighted by molar-refractivity contribution is -0.143. The fourth-order valence-corrected chi connectivity index (χ4v) is 1.36. The highest BCUT2D eigenvalue weighted by Gasteiger charge is 2.06. The molecule has 0 aliphatic rings. The number of esters is 1. The summed E-state index contributed by atoms with van der Waals surface area (Å²) in [6, 6.07) is 6.09. The molecule has 112 valence electrons. The summed E-state index contributed by atoms with van der Waals surface area (Å²) in [5.41, 5.74) is 5.51. The molecule has 0 bridgehead atoms. The van der Waals surface area contributed by atoms with Crippen molar-refractivity contribution in [2.24, 2.45) is 5.73 Å². The molecule has 7 heteroatoms. The van der Waals surface area contributed by atoms with Gasteiger partial charge in [0.15, 0.2) is 6.61 Å². The molecular weight excluding hydrogens is 276 g/mol. The van der Waals surface area contributed by atoms with E-state index < -0.39 is 24.5 Å². The van der Waals surface area contributed by atoms with E-state index >= 15 is 0 Å². The van der Waals surface area contributed by atoms with Crippen LogP contribution in [0.4, 0.5) is 4.79 Å². The molecule has 0 saturated carbocycles. The van der Waals surface area contributed by atoms with Crippen LogP contribution in [-0.4, -0.2) is 31.1 Å². The third-order valence-electron chi connectivity index (χ3n) is 2.21. The summed E-state index contributed by atoms with van der Waals surface area (Å²) in [7, 11) is 0. The Hall–Kier alpha value is -2.83. The van der Waals surface area contributed by atoms with Crippen LogP contribution in [0.2, 0.25) is 0 Å². The number of imide groups is 1. The number of benzene rings is 1. The number of carbonyl (C=O) groups excluding carboxylic acids is 3. The van der Waals surface area contributed by atoms with E-state index in [0.29, 0.717) is 6.61 Å². The Morgan fingerprint density at radius 1 is 1.24 bits per heavy atom. The molecule has 1 aromatic rings. The van der Waals surface area contributed by atoms with Crippen molar-refractivity contribution in [3.8, 4) is 5.75 Å². The van der Waals surface area contributed by atoms with Gasteiger partial charge in [0.2, 0.25) is 0 Å². The molecule has 7 nitrogen and oxygen atoms in total. The van der Waals surface area contributed by atoms with E-state index in [9.17, 15) is 14.4 Å². The number of hydrogen-bond donors (Lipinski definition) is 2. The minimum absolute atomic E-state index is 0.574. The van der Waals surface area contributed by atoms with Crippen molar-refractivity contribution < 1.29 is 23.9 Å². The van der Waals surface area contributed by atoms with Gasteiger partial charge in [0.25, 0.3) is 5.91 Å². The van der Waals surface area contributed by atoms with Crippen LogP contribution >= 0.6 is 0 Å². The highest BCUT2D eigenvalue weighted by atomic mass is 16.5. The maximum Gasteiger partial charge on any atom is 0.331 e. The van der Waals surface area contributed by atoms with Gasteiger partial charge in [0.05, 0.1) is 6.61 Å². The molecule has 0 heterocycles. The monoisotopic (exact) mass is 292 g/mol. The first-order chi connectivity index (χ1) is 10.0. The molecule has 0 aliphatic carbocycles. The second-order valence-corrected chi connectivity index (χ2v) is 3.86. The van der Waals surface area contributed by atoms with E-state index in [0.717, 1.165) is 11.3 Å². The molecule has 0 saturated heterocycles. The summed E-state index contributed by atoms with van der Waals surface area (Å²) in [6.07, 6.45) is 2.71. The second kappa shape index (κ2) is 8.36. The Morgan fingerprint density at radius 2 is 1.90 bits per heavy atom. The molecule has 3 N–H and O–H groups in total. The Bertz CT molecular complexity index is 537. The maximum atomic E-state index is 11.3. The lowest BCUT2D eigenvalue weighted by Gasteiger charge is -2.02. The van der Waals surface area contributed by atoms with Crippen LogP contribution in [0.1, 0.15) is 12.5 Å². The number of ether oxygens (including phenoxy) is 2. The highest BCUT2D eigenvalue weighted by molar-refractivity contribution is 5.95. The Morgan fingerprint density at radius 3 is 2.48 bits per heavy atom. The van der Waals surface area contributed by atoms with Crippen molar-refractivity contribution in [1.82, 2.24) is 5.32 Å². The maximum absolute atomic E-state index is 11.3. The van der Waals surface area contributed by atoms with Crippen LogP contribution in [-0.2, 0) is 14.3 Å². The predicted octanol–water partition coefficient (Wildman–Crippen LogP) is 0.837. The summed E-state index contributed by atoms with van der Waals surface area (Å²) < 4.78 is 9.90. The Labute approximate surface area is 121 Å². The minimum Gasteiger partial charge on any atom is -0.494 e. The van der Waals surface area contributed by atoms with E-state index in [2.05, 4.69) is 4.74 Å². The lowest BCUT2D eigenvalue weighted by atomic mass is 10.2. The zero-order valence-corrected chi connectivity index (χ0v) is 11.5. The van der Waals surface area contributed by atoms with Gasteiger partial charge in [-0.3, -0.25) is 10.1 Å². The van der Waals surface area contributed by atoms with Crippen molar-refractivity contribution in [3.05, 3.63) is 35.9 Å². The lowest BCUT2D eigenvalue weighted by Crippen LogP contribution is -2.37. The standard InChI is InChI=1S/C14H16N2O5/c1-2-20-11-6-3-10(4-7-11)5-8-13(18)21-9-12(17)16-14(15)19/h3-8H,2,9H2,1H3,(H3,15,16,17,19)/b8-5+. The molecule has 0 aromatic heterocycles. The van der Waals surface area contributed by atoms with E-state index in [1.807, 2.05) is 6.92 Å². The van der Waals surface area contributed by atoms with Crippen molar-refractivity contribution >= 4 is 24.0 Å². The third kappa shape index (κ3) is 6.76. The van der Waals surface area contributed by atoms with Gasteiger partial charge >= 0.3 is 12.0 Å². The number of rotatable bonds is 6. The molecule has 0 spiro atoms. The fourth-order valence-electron chi connectivity index (χ4n) is 1.36. The smallest absolute Gasteiger partial charge is 0.331 e. The average molecular weight is 292 g/mol. The number of hydrogen-bond acceptors (Lipinski definition) is 5. The quantitative estimate of drug-likeness (QED) is 0.596. The largest absolute Gasteiger partial charge is 0.494 e. The topological polar surface area (TPSA) is 108 Å². The second-order valence-electron chi connectivity index (χ2n) is 3.86. The van der Waals surface area contributed by atoms with Crippen molar-refractivity contribution in [2.45, 2.75) is 6.92 Å². The normalized spacial score (nSPS) is 10.1. The zero-order chi connectivity index (χ0) is 15.7. The SMILES string of the molecule is CCOc1ccc(/C=C/C(=O)OCC(=O)NC(N)=O)cc1. The summed E-state index contributed by atoms with van der Waals surface area (Å²) in [6.45, 7) is 1.89. The molecule has 3 amide bonds. The Balaban J connectivity index is 2.43. The molecule has 1 rings (SSSR count). The minimum atomic E-state index is -0.999. The molecule has 1 aromatic carbocycles. The van der Waals surface area contributed by atoms with E-state index in [4.69, 9.17) is 10.5 Å². The summed E-state index contributed by atoms with van der Waals surface area (Å²) in [4.78, 5) is 32.7. The predicted molar refractivity (Wildman–Crippen MR) is 75.3 cm³/mol. The van der Waals surface area contributed by atoms with Crippen LogP contribution < -0.4 is 15.8 Å². The summed E-state index contributed by atoms with van der Waals surface area (Å²) in [5.74, 6) is -0.755. The molecular formula is C14H16N2O5. The first-order valence-electron chi connectivity index (χ1n) is 6.18. The van der Waals surface area contributed by atoms with Gasteiger partial charge in [-0.05, 0) is 30.7 Å². The van der Waals surface area contributed by atoms with Gasteiger partial charge in [0, 0.05) is 6.08 Å². The van der Waals surface area contributed by atoms with Gasteiger partial charge in [0.1, 0.15) is 5.75 Å². The number of primary amides is 1. The summed E-state index contributed by atoms with van der Waals surface area (Å²) >= 11 is 0. The fraction of sp³-hybridized carbons (Fsp3) is 0.214. The van der Waals surface area contributed by atoms with E-state index in [-0.39, 0.29) is 0 Å². The number of urea groups is 1. The van der Waals surface area contributed by atoms with Crippen molar-refractivity contribution in [1.29, 1.82) is 0 Å². The summed E-state index contributed by atoms with van der Waals surface area (Å²) in [5, 5.41) is 1.77. The van der Waals surface area contributed by atoms with Crippen LogP contribution in [0.25, 0.3) is 6.08 Å². The van der Waals surface area contributed by atoms with Crippen LogP contribution in [0, 0.1) is 0 Å². The van der Waals surface area contributed by atoms with Crippen molar-refractivity contribution in [2.75, 3.05) is 13.2 Å². The van der Waals surface area contributed by atoms with Crippen LogP contribution in [0.5, 0.6) is 5.75 Å².